The quantitative estimate of drug-likeness (QED) is 0.525. The smallest absolute Gasteiger partial charge is 0.331 e. The number of esters is 1. The van der Waals surface area contributed by atoms with E-state index in [1.165, 1.54) is 27.4 Å². The van der Waals surface area contributed by atoms with E-state index in [9.17, 15) is 9.59 Å². The molecule has 0 aromatic heterocycles. The summed E-state index contributed by atoms with van der Waals surface area (Å²) in [7, 11) is 4.56. The molecule has 2 atom stereocenters. The molecule has 2 unspecified atom stereocenters. The van der Waals surface area contributed by atoms with Gasteiger partial charge in [0, 0.05) is 18.2 Å². The molecule has 0 saturated carbocycles. The van der Waals surface area contributed by atoms with E-state index < -0.39 is 5.97 Å². The van der Waals surface area contributed by atoms with Crippen molar-refractivity contribution in [3.63, 3.8) is 0 Å². The Morgan fingerprint density at radius 2 is 1.61 bits per heavy atom. The number of rotatable bonds is 7. The standard InChI is InChI=1S/C21H29NO6/c1-14-7-6-8-15(2)22(14)19(23)13-28-20(24)10-9-16-11-17(25-3)21(27-5)18(12-16)26-4/h9-12,14-15H,6-8,13H2,1-5H3. The molecule has 1 aliphatic heterocycles. The van der Waals surface area contributed by atoms with E-state index in [1.54, 1.807) is 18.2 Å². The number of piperidine rings is 1. The van der Waals surface area contributed by atoms with Crippen molar-refractivity contribution in [1.82, 2.24) is 4.90 Å². The zero-order valence-corrected chi connectivity index (χ0v) is 17.2. The lowest BCUT2D eigenvalue weighted by atomic mass is 9.97. The first-order valence-corrected chi connectivity index (χ1v) is 9.37. The number of hydrogen-bond donors (Lipinski definition) is 0. The first kappa shape index (κ1) is 21.6. The number of methoxy groups -OCH3 is 3. The zero-order valence-electron chi connectivity index (χ0n) is 17.2. The fraction of sp³-hybridized carbons (Fsp3) is 0.524. The van der Waals surface area contributed by atoms with Crippen LogP contribution in [0, 0.1) is 0 Å². The predicted molar refractivity (Wildman–Crippen MR) is 106 cm³/mol. The second kappa shape index (κ2) is 10.0. The number of carbonyl (C=O) groups excluding carboxylic acids is 2. The summed E-state index contributed by atoms with van der Waals surface area (Å²) >= 11 is 0. The van der Waals surface area contributed by atoms with Crippen molar-refractivity contribution in [2.24, 2.45) is 0 Å². The van der Waals surface area contributed by atoms with E-state index in [2.05, 4.69) is 0 Å². The van der Waals surface area contributed by atoms with Gasteiger partial charge in [-0.1, -0.05) is 0 Å². The molecule has 154 valence electrons. The van der Waals surface area contributed by atoms with Gasteiger partial charge in [-0.25, -0.2) is 4.79 Å². The Balaban J connectivity index is 1.99. The van der Waals surface area contributed by atoms with E-state index in [0.717, 1.165) is 19.3 Å². The lowest BCUT2D eigenvalue weighted by Gasteiger charge is -2.38. The van der Waals surface area contributed by atoms with Crippen LogP contribution in [0.4, 0.5) is 0 Å². The number of amides is 1. The minimum absolute atomic E-state index is 0.158. The first-order valence-electron chi connectivity index (χ1n) is 9.37. The highest BCUT2D eigenvalue weighted by molar-refractivity contribution is 5.89. The number of carbonyl (C=O) groups is 2. The summed E-state index contributed by atoms with van der Waals surface area (Å²) in [5.41, 5.74) is 0.677. The van der Waals surface area contributed by atoms with Crippen molar-refractivity contribution in [1.29, 1.82) is 0 Å². The maximum Gasteiger partial charge on any atom is 0.331 e. The van der Waals surface area contributed by atoms with Crippen molar-refractivity contribution in [3.8, 4) is 17.2 Å². The molecule has 28 heavy (non-hydrogen) atoms. The van der Waals surface area contributed by atoms with Crippen molar-refractivity contribution >= 4 is 18.0 Å². The highest BCUT2D eigenvalue weighted by Crippen LogP contribution is 2.38. The molecule has 1 heterocycles. The maximum absolute atomic E-state index is 12.4. The van der Waals surface area contributed by atoms with Gasteiger partial charge in [0.1, 0.15) is 0 Å². The molecule has 7 nitrogen and oxygen atoms in total. The van der Waals surface area contributed by atoms with Crippen molar-refractivity contribution in [2.45, 2.75) is 45.2 Å². The molecule has 1 aromatic carbocycles. The molecule has 0 spiro atoms. The first-order chi connectivity index (χ1) is 13.4. The van der Waals surface area contributed by atoms with E-state index >= 15 is 0 Å². The van der Waals surface area contributed by atoms with Gasteiger partial charge in [-0.2, -0.15) is 0 Å². The van der Waals surface area contributed by atoms with Crippen LogP contribution in [-0.4, -0.2) is 56.8 Å². The normalized spacial score (nSPS) is 19.4. The lowest BCUT2D eigenvalue weighted by Crippen LogP contribution is -2.49. The zero-order chi connectivity index (χ0) is 20.7. The molecule has 1 fully saturated rings. The molecule has 1 aromatic rings. The molecular formula is C21H29NO6. The van der Waals surface area contributed by atoms with Gasteiger partial charge in [-0.15, -0.1) is 0 Å². The lowest BCUT2D eigenvalue weighted by molar-refractivity contribution is -0.151. The Morgan fingerprint density at radius 1 is 1.04 bits per heavy atom. The third kappa shape index (κ3) is 5.18. The topological polar surface area (TPSA) is 74.3 Å². The van der Waals surface area contributed by atoms with Gasteiger partial charge in [0.15, 0.2) is 18.1 Å². The SMILES string of the molecule is COc1cc(C=CC(=O)OCC(=O)N2C(C)CCCC2C)cc(OC)c1OC. The van der Waals surface area contributed by atoms with E-state index in [0.29, 0.717) is 22.8 Å². The summed E-state index contributed by atoms with van der Waals surface area (Å²) in [5.74, 6) is 0.699. The van der Waals surface area contributed by atoms with Gasteiger partial charge >= 0.3 is 5.97 Å². The fourth-order valence-electron chi connectivity index (χ4n) is 3.53. The second-order valence-electron chi connectivity index (χ2n) is 6.83. The third-order valence-electron chi connectivity index (χ3n) is 4.92. The average Bonchev–Trinajstić information content (AvgIpc) is 2.69. The molecule has 0 aliphatic carbocycles. The van der Waals surface area contributed by atoms with Crippen LogP contribution < -0.4 is 14.2 Å². The maximum atomic E-state index is 12.4. The summed E-state index contributed by atoms with van der Waals surface area (Å²) in [6.07, 6.45) is 5.92. The fourth-order valence-corrected chi connectivity index (χ4v) is 3.53. The molecular weight excluding hydrogens is 362 g/mol. The van der Waals surface area contributed by atoms with E-state index in [1.807, 2.05) is 18.7 Å². The molecule has 0 bridgehead atoms. The van der Waals surface area contributed by atoms with Crippen LogP contribution in [0.5, 0.6) is 17.2 Å². The largest absolute Gasteiger partial charge is 0.493 e. The third-order valence-corrected chi connectivity index (χ3v) is 4.92. The molecule has 0 N–H and O–H groups in total. The summed E-state index contributed by atoms with van der Waals surface area (Å²) < 4.78 is 21.0. The number of benzene rings is 1. The van der Waals surface area contributed by atoms with E-state index in [-0.39, 0.29) is 24.6 Å². The number of nitrogens with zero attached hydrogens (tertiary/aromatic N) is 1. The van der Waals surface area contributed by atoms with Crippen LogP contribution >= 0.6 is 0 Å². The van der Waals surface area contributed by atoms with Crippen molar-refractivity contribution in [2.75, 3.05) is 27.9 Å². The molecule has 1 aliphatic rings. The second-order valence-corrected chi connectivity index (χ2v) is 6.83. The van der Waals surface area contributed by atoms with Crippen LogP contribution in [-0.2, 0) is 14.3 Å². The summed E-state index contributed by atoms with van der Waals surface area (Å²) in [6, 6.07) is 3.77. The number of ether oxygens (including phenoxy) is 4. The Morgan fingerprint density at radius 3 is 2.11 bits per heavy atom. The minimum Gasteiger partial charge on any atom is -0.493 e. The van der Waals surface area contributed by atoms with Crippen molar-refractivity contribution in [3.05, 3.63) is 23.8 Å². The number of likely N-dealkylation sites (tertiary alicyclic amines) is 1. The number of hydrogen-bond acceptors (Lipinski definition) is 6. The summed E-state index contributed by atoms with van der Waals surface area (Å²) in [6.45, 7) is 3.80. The van der Waals surface area contributed by atoms with Crippen LogP contribution in [0.2, 0.25) is 0 Å². The average molecular weight is 391 g/mol. The molecule has 1 amide bonds. The van der Waals surface area contributed by atoms with Gasteiger partial charge < -0.3 is 23.8 Å². The highest BCUT2D eigenvalue weighted by Gasteiger charge is 2.29. The van der Waals surface area contributed by atoms with Crippen LogP contribution in [0.3, 0.4) is 0 Å². The predicted octanol–water partition coefficient (Wildman–Crippen LogP) is 3.06. The van der Waals surface area contributed by atoms with Crippen LogP contribution in [0.25, 0.3) is 6.08 Å². The van der Waals surface area contributed by atoms with Gasteiger partial charge in [0.2, 0.25) is 5.75 Å². The van der Waals surface area contributed by atoms with Gasteiger partial charge in [-0.05, 0) is 56.9 Å². The van der Waals surface area contributed by atoms with Crippen LogP contribution in [0.1, 0.15) is 38.7 Å². The summed E-state index contributed by atoms with van der Waals surface area (Å²) in [4.78, 5) is 26.3. The van der Waals surface area contributed by atoms with Crippen LogP contribution in [0.15, 0.2) is 18.2 Å². The van der Waals surface area contributed by atoms with E-state index in [4.69, 9.17) is 18.9 Å². The van der Waals surface area contributed by atoms with Gasteiger partial charge in [-0.3, -0.25) is 4.79 Å². The highest BCUT2D eigenvalue weighted by atomic mass is 16.5. The minimum atomic E-state index is -0.584. The Bertz CT molecular complexity index is 695. The molecule has 0 radical (unpaired) electrons. The Hall–Kier alpha value is -2.70. The van der Waals surface area contributed by atoms with Gasteiger partial charge in [0.25, 0.3) is 5.91 Å². The Kier molecular flexibility index (Phi) is 7.72. The molecule has 2 rings (SSSR count). The monoisotopic (exact) mass is 391 g/mol. The van der Waals surface area contributed by atoms with Crippen molar-refractivity contribution < 1.29 is 28.5 Å². The Labute approximate surface area is 166 Å². The molecule has 7 heteroatoms. The summed E-state index contributed by atoms with van der Waals surface area (Å²) in [5, 5.41) is 0. The molecule has 1 saturated heterocycles. The van der Waals surface area contributed by atoms with Gasteiger partial charge in [0.05, 0.1) is 21.3 Å².